The Kier molecular flexibility index (Phi) is 6.41. The van der Waals surface area contributed by atoms with Gasteiger partial charge in [0.15, 0.2) is 5.13 Å². The number of piperidine rings is 1. The Bertz CT molecular complexity index is 851. The van der Waals surface area contributed by atoms with Crippen LogP contribution in [0.25, 0.3) is 0 Å². The molecule has 0 saturated carbocycles. The first-order chi connectivity index (χ1) is 13.4. The quantitative estimate of drug-likeness (QED) is 0.694. The molecular formula is C20H24N4O3S. The lowest BCUT2D eigenvalue weighted by Crippen LogP contribution is -2.40. The first-order valence-corrected chi connectivity index (χ1v) is 10.2. The molecule has 3 N–H and O–H groups in total. The predicted molar refractivity (Wildman–Crippen MR) is 109 cm³/mol. The first kappa shape index (κ1) is 20.0. The monoisotopic (exact) mass is 400 g/mol. The van der Waals surface area contributed by atoms with Crippen LogP contribution in [0.2, 0.25) is 0 Å². The molecule has 148 valence electrons. The zero-order chi connectivity index (χ0) is 20.1. The second-order valence-electron chi connectivity index (χ2n) is 7.17. The van der Waals surface area contributed by atoms with Crippen molar-refractivity contribution < 1.29 is 14.4 Å². The second-order valence-corrected chi connectivity index (χ2v) is 8.03. The first-order valence-electron chi connectivity index (χ1n) is 9.32. The number of benzene rings is 1. The van der Waals surface area contributed by atoms with Crippen molar-refractivity contribution in [3.8, 4) is 0 Å². The number of aromatic nitrogens is 1. The van der Waals surface area contributed by atoms with Gasteiger partial charge in [0.1, 0.15) is 0 Å². The molecule has 3 amide bonds. The topological polar surface area (TPSA) is 100 Å². The summed E-state index contributed by atoms with van der Waals surface area (Å²) in [5.41, 5.74) is 2.57. The lowest BCUT2D eigenvalue weighted by molar-refractivity contribution is -0.126. The Morgan fingerprint density at radius 3 is 2.64 bits per heavy atom. The number of hydrogen-bond donors (Lipinski definition) is 3. The van der Waals surface area contributed by atoms with Gasteiger partial charge in [-0.3, -0.25) is 14.4 Å². The highest BCUT2D eigenvalue weighted by molar-refractivity contribution is 7.13. The van der Waals surface area contributed by atoms with Gasteiger partial charge in [-0.15, -0.1) is 11.3 Å². The average Bonchev–Trinajstić information content (AvgIpc) is 3.09. The summed E-state index contributed by atoms with van der Waals surface area (Å²) in [6, 6.07) is 7.79. The number of nitrogens with zero attached hydrogens (tertiary/aromatic N) is 1. The van der Waals surface area contributed by atoms with Crippen molar-refractivity contribution >= 4 is 39.9 Å². The molecule has 0 bridgehead atoms. The summed E-state index contributed by atoms with van der Waals surface area (Å²) < 4.78 is 0. The van der Waals surface area contributed by atoms with Crippen LogP contribution in [0.5, 0.6) is 0 Å². The van der Waals surface area contributed by atoms with E-state index in [1.807, 2.05) is 24.3 Å². The highest BCUT2D eigenvalue weighted by atomic mass is 32.1. The van der Waals surface area contributed by atoms with Crippen LogP contribution in [0.15, 0.2) is 29.6 Å². The van der Waals surface area contributed by atoms with Crippen LogP contribution in [0.3, 0.4) is 0 Å². The number of amides is 3. The second kappa shape index (κ2) is 8.97. The minimum absolute atomic E-state index is 0.0227. The Balaban J connectivity index is 1.50. The van der Waals surface area contributed by atoms with Gasteiger partial charge in [0.05, 0.1) is 18.0 Å². The molecule has 2 aromatic rings. The van der Waals surface area contributed by atoms with Crippen LogP contribution >= 0.6 is 11.3 Å². The molecule has 7 nitrogen and oxygen atoms in total. The van der Waals surface area contributed by atoms with Gasteiger partial charge in [-0.25, -0.2) is 4.98 Å². The van der Waals surface area contributed by atoms with Crippen molar-refractivity contribution in [1.82, 2.24) is 10.3 Å². The summed E-state index contributed by atoms with van der Waals surface area (Å²) in [4.78, 5) is 40.0. The van der Waals surface area contributed by atoms with Crippen LogP contribution in [0, 0.1) is 5.92 Å². The van der Waals surface area contributed by atoms with Crippen LogP contribution in [-0.2, 0) is 20.8 Å². The highest BCUT2D eigenvalue weighted by Gasteiger charge is 2.25. The maximum Gasteiger partial charge on any atom is 0.231 e. The van der Waals surface area contributed by atoms with E-state index in [-0.39, 0.29) is 30.1 Å². The maximum absolute atomic E-state index is 12.2. The van der Waals surface area contributed by atoms with Crippen molar-refractivity contribution in [3.05, 3.63) is 40.9 Å². The normalized spacial score (nSPS) is 16.5. The minimum Gasteiger partial charge on any atom is -0.355 e. The lowest BCUT2D eigenvalue weighted by Gasteiger charge is -2.20. The van der Waals surface area contributed by atoms with Crippen LogP contribution in [0.1, 0.15) is 43.9 Å². The minimum atomic E-state index is -0.248. The number of anilines is 2. The summed E-state index contributed by atoms with van der Waals surface area (Å²) >= 11 is 1.29. The SMILES string of the molecule is CC(C)c1ccc(NC(=O)Cc2csc(NC(=O)C3CCC(=O)NC3)n2)cc1. The van der Waals surface area contributed by atoms with Gasteiger partial charge in [-0.2, -0.15) is 0 Å². The maximum atomic E-state index is 12.2. The van der Waals surface area contributed by atoms with Crippen molar-refractivity contribution in [2.75, 3.05) is 17.2 Å². The van der Waals surface area contributed by atoms with E-state index < -0.39 is 0 Å². The zero-order valence-corrected chi connectivity index (χ0v) is 16.8. The summed E-state index contributed by atoms with van der Waals surface area (Å²) in [6.45, 7) is 4.59. The van der Waals surface area contributed by atoms with Crippen molar-refractivity contribution in [3.63, 3.8) is 0 Å². The summed E-state index contributed by atoms with van der Waals surface area (Å²) in [5.74, 6) is -0.142. The molecule has 0 aliphatic carbocycles. The predicted octanol–water partition coefficient (Wildman–Crippen LogP) is 2.91. The van der Waals surface area contributed by atoms with E-state index in [1.54, 1.807) is 5.38 Å². The fraction of sp³-hybridized carbons (Fsp3) is 0.400. The summed E-state index contributed by atoms with van der Waals surface area (Å²) in [7, 11) is 0. The number of carbonyl (C=O) groups is 3. The Hall–Kier alpha value is -2.74. The molecule has 1 saturated heterocycles. The number of rotatable bonds is 6. The third kappa shape index (κ3) is 5.39. The molecule has 1 aliphatic heterocycles. The molecule has 1 atom stereocenters. The largest absolute Gasteiger partial charge is 0.355 e. The van der Waals surface area contributed by atoms with Gasteiger partial charge in [0, 0.05) is 24.0 Å². The molecular weight excluding hydrogens is 376 g/mol. The number of hydrogen-bond acceptors (Lipinski definition) is 5. The fourth-order valence-corrected chi connectivity index (χ4v) is 3.64. The Morgan fingerprint density at radius 1 is 1.25 bits per heavy atom. The Labute approximate surface area is 167 Å². The van der Waals surface area contributed by atoms with E-state index in [0.717, 1.165) is 5.69 Å². The zero-order valence-electron chi connectivity index (χ0n) is 16.0. The van der Waals surface area contributed by atoms with Gasteiger partial charge in [0.25, 0.3) is 0 Å². The van der Waals surface area contributed by atoms with Gasteiger partial charge in [-0.05, 0) is 30.0 Å². The van der Waals surface area contributed by atoms with Crippen LogP contribution < -0.4 is 16.0 Å². The van der Waals surface area contributed by atoms with E-state index in [2.05, 4.69) is 34.8 Å². The molecule has 1 aromatic heterocycles. The molecule has 2 heterocycles. The smallest absolute Gasteiger partial charge is 0.231 e. The molecule has 28 heavy (non-hydrogen) atoms. The third-order valence-electron chi connectivity index (χ3n) is 4.62. The number of nitrogens with one attached hydrogen (secondary N) is 3. The van der Waals surface area contributed by atoms with Crippen LogP contribution in [-0.4, -0.2) is 29.3 Å². The molecule has 3 rings (SSSR count). The van der Waals surface area contributed by atoms with Crippen molar-refractivity contribution in [1.29, 1.82) is 0 Å². The molecule has 1 aliphatic rings. The third-order valence-corrected chi connectivity index (χ3v) is 5.43. The highest BCUT2D eigenvalue weighted by Crippen LogP contribution is 2.20. The summed E-state index contributed by atoms with van der Waals surface area (Å²) in [6.07, 6.45) is 1.03. The number of thiazole rings is 1. The molecule has 8 heteroatoms. The van der Waals surface area contributed by atoms with E-state index in [9.17, 15) is 14.4 Å². The molecule has 0 radical (unpaired) electrons. The fourth-order valence-electron chi connectivity index (χ4n) is 2.93. The van der Waals surface area contributed by atoms with E-state index in [4.69, 9.17) is 0 Å². The molecule has 1 aromatic carbocycles. The standard InChI is InChI=1S/C20H24N4O3S/c1-12(2)13-3-6-15(7-4-13)22-18(26)9-16-11-28-20(23-16)24-19(27)14-5-8-17(25)21-10-14/h3-4,6-7,11-12,14H,5,8-10H2,1-2H3,(H,21,25)(H,22,26)(H,23,24,27). The Morgan fingerprint density at radius 2 is 2.00 bits per heavy atom. The van der Waals surface area contributed by atoms with E-state index in [1.165, 1.54) is 16.9 Å². The summed E-state index contributed by atoms with van der Waals surface area (Å²) in [5, 5.41) is 10.6. The lowest BCUT2D eigenvalue weighted by atomic mass is 9.98. The van der Waals surface area contributed by atoms with Gasteiger partial charge < -0.3 is 16.0 Å². The van der Waals surface area contributed by atoms with E-state index in [0.29, 0.717) is 36.1 Å². The van der Waals surface area contributed by atoms with Crippen molar-refractivity contribution in [2.24, 2.45) is 5.92 Å². The number of carbonyl (C=O) groups excluding carboxylic acids is 3. The molecule has 1 fully saturated rings. The van der Waals surface area contributed by atoms with E-state index >= 15 is 0 Å². The molecule has 1 unspecified atom stereocenters. The van der Waals surface area contributed by atoms with Gasteiger partial charge in [-0.1, -0.05) is 26.0 Å². The van der Waals surface area contributed by atoms with Crippen molar-refractivity contribution in [2.45, 2.75) is 39.0 Å². The van der Waals surface area contributed by atoms with Gasteiger partial charge in [0.2, 0.25) is 17.7 Å². The average molecular weight is 401 g/mol. The van der Waals surface area contributed by atoms with Crippen LogP contribution in [0.4, 0.5) is 10.8 Å². The molecule has 0 spiro atoms. The van der Waals surface area contributed by atoms with Gasteiger partial charge >= 0.3 is 0 Å².